The van der Waals surface area contributed by atoms with Gasteiger partial charge in [-0.3, -0.25) is 0 Å². The monoisotopic (exact) mass is 308 g/mol. The van der Waals surface area contributed by atoms with Crippen molar-refractivity contribution < 1.29 is 13.5 Å². The number of piperidine rings is 1. The van der Waals surface area contributed by atoms with Crippen molar-refractivity contribution in [1.29, 1.82) is 0 Å². The zero-order chi connectivity index (χ0) is 15.3. The Morgan fingerprint density at radius 3 is 2.48 bits per heavy atom. The highest BCUT2D eigenvalue weighted by Crippen LogP contribution is 2.30. The van der Waals surface area contributed by atoms with Crippen molar-refractivity contribution in [2.75, 3.05) is 13.1 Å². The van der Waals surface area contributed by atoms with Gasteiger partial charge in [0.2, 0.25) is 10.0 Å². The van der Waals surface area contributed by atoms with Crippen LogP contribution in [0.1, 0.15) is 19.8 Å². The molecular formula is C15H20N2O3S. The lowest BCUT2D eigenvalue weighted by Crippen LogP contribution is -2.44. The Morgan fingerprint density at radius 2 is 1.81 bits per heavy atom. The van der Waals surface area contributed by atoms with Gasteiger partial charge in [-0.2, -0.15) is 4.31 Å². The fraction of sp³-hybridized carbons (Fsp3) is 0.467. The van der Waals surface area contributed by atoms with Crippen LogP contribution in [-0.4, -0.2) is 41.1 Å². The standard InChI is InChI=1S/C15H20N2O3S/c1-15(18)7-9-17(10-8-15)21(19,20)14-11-16(2)13-6-4-3-5-12(13)14/h3-6,11,18H,7-10H2,1-2H3. The Hall–Kier alpha value is -1.37. The van der Waals surface area contributed by atoms with E-state index in [4.69, 9.17) is 0 Å². The molecular weight excluding hydrogens is 288 g/mol. The van der Waals surface area contributed by atoms with E-state index in [1.165, 1.54) is 4.31 Å². The molecule has 0 aliphatic carbocycles. The fourth-order valence-corrected chi connectivity index (χ4v) is 4.54. The number of rotatable bonds is 2. The molecule has 1 aromatic heterocycles. The lowest BCUT2D eigenvalue weighted by molar-refractivity contribution is 0.0126. The Bertz CT molecular complexity index is 767. The van der Waals surface area contributed by atoms with E-state index in [9.17, 15) is 13.5 Å². The van der Waals surface area contributed by atoms with Gasteiger partial charge in [0.25, 0.3) is 0 Å². The van der Waals surface area contributed by atoms with E-state index in [2.05, 4.69) is 0 Å². The Labute approximate surface area is 124 Å². The first-order valence-electron chi connectivity index (χ1n) is 7.08. The van der Waals surface area contributed by atoms with Gasteiger partial charge in [0, 0.05) is 37.2 Å². The molecule has 0 radical (unpaired) electrons. The molecule has 114 valence electrons. The van der Waals surface area contributed by atoms with Crippen LogP contribution in [0, 0.1) is 0 Å². The highest BCUT2D eigenvalue weighted by atomic mass is 32.2. The molecule has 1 aliphatic rings. The molecule has 2 aromatic rings. The Morgan fingerprint density at radius 1 is 1.19 bits per heavy atom. The average Bonchev–Trinajstić information content (AvgIpc) is 2.77. The maximum absolute atomic E-state index is 12.9. The van der Waals surface area contributed by atoms with Crippen LogP contribution in [0.25, 0.3) is 10.9 Å². The molecule has 1 saturated heterocycles. The van der Waals surface area contributed by atoms with Crippen molar-refractivity contribution in [3.63, 3.8) is 0 Å². The Kier molecular flexibility index (Phi) is 3.35. The van der Waals surface area contributed by atoms with Gasteiger partial charge in [0.05, 0.1) is 5.60 Å². The minimum atomic E-state index is -3.52. The highest BCUT2D eigenvalue weighted by Gasteiger charge is 2.35. The summed E-state index contributed by atoms with van der Waals surface area (Å²) in [5, 5.41) is 10.7. The van der Waals surface area contributed by atoms with Gasteiger partial charge in [0.1, 0.15) is 4.90 Å². The van der Waals surface area contributed by atoms with Crippen LogP contribution in [0.4, 0.5) is 0 Å². The second-order valence-corrected chi connectivity index (χ2v) is 7.93. The second kappa shape index (κ2) is 4.83. The summed E-state index contributed by atoms with van der Waals surface area (Å²) in [6.45, 7) is 2.48. The molecule has 0 saturated carbocycles. The molecule has 0 atom stereocenters. The van der Waals surface area contributed by atoms with Crippen LogP contribution in [0.2, 0.25) is 0 Å². The molecule has 0 amide bonds. The summed E-state index contributed by atoms with van der Waals surface area (Å²) in [7, 11) is -1.67. The van der Waals surface area contributed by atoms with Gasteiger partial charge in [-0.25, -0.2) is 8.42 Å². The molecule has 3 rings (SSSR count). The molecule has 0 unspecified atom stereocenters. The number of benzene rings is 1. The third-order valence-corrected chi connectivity index (χ3v) is 6.20. The zero-order valence-electron chi connectivity index (χ0n) is 12.3. The number of fused-ring (bicyclic) bond motifs is 1. The number of aryl methyl sites for hydroxylation is 1. The van der Waals surface area contributed by atoms with Crippen LogP contribution in [0.5, 0.6) is 0 Å². The van der Waals surface area contributed by atoms with E-state index >= 15 is 0 Å². The molecule has 21 heavy (non-hydrogen) atoms. The summed E-state index contributed by atoms with van der Waals surface area (Å²) >= 11 is 0. The molecule has 0 spiro atoms. The third-order valence-electron chi connectivity index (χ3n) is 4.28. The second-order valence-electron chi connectivity index (χ2n) is 6.02. The van der Waals surface area contributed by atoms with E-state index in [0.29, 0.717) is 30.8 Å². The summed E-state index contributed by atoms with van der Waals surface area (Å²) in [6.07, 6.45) is 2.61. The largest absolute Gasteiger partial charge is 0.390 e. The number of para-hydroxylation sites is 1. The summed E-state index contributed by atoms with van der Waals surface area (Å²) in [4.78, 5) is 0.349. The zero-order valence-corrected chi connectivity index (χ0v) is 13.1. The molecule has 2 heterocycles. The molecule has 1 fully saturated rings. The summed E-state index contributed by atoms with van der Waals surface area (Å²) < 4.78 is 29.0. The number of hydrogen-bond donors (Lipinski definition) is 1. The fourth-order valence-electron chi connectivity index (χ4n) is 2.86. The van der Waals surface area contributed by atoms with E-state index in [0.717, 1.165) is 10.9 Å². The lowest BCUT2D eigenvalue weighted by Gasteiger charge is -2.34. The highest BCUT2D eigenvalue weighted by molar-refractivity contribution is 7.89. The van der Waals surface area contributed by atoms with Crippen LogP contribution in [-0.2, 0) is 17.1 Å². The van der Waals surface area contributed by atoms with Gasteiger partial charge in [-0.1, -0.05) is 18.2 Å². The van der Waals surface area contributed by atoms with Crippen molar-refractivity contribution in [1.82, 2.24) is 8.87 Å². The smallest absolute Gasteiger partial charge is 0.245 e. The van der Waals surface area contributed by atoms with Crippen molar-refractivity contribution >= 4 is 20.9 Å². The van der Waals surface area contributed by atoms with Gasteiger partial charge in [-0.05, 0) is 25.8 Å². The summed E-state index contributed by atoms with van der Waals surface area (Å²) in [5.74, 6) is 0. The maximum atomic E-state index is 12.9. The van der Waals surface area contributed by atoms with Crippen LogP contribution >= 0.6 is 0 Å². The molecule has 6 heteroatoms. The molecule has 1 aliphatic heterocycles. The maximum Gasteiger partial charge on any atom is 0.245 e. The first-order valence-corrected chi connectivity index (χ1v) is 8.52. The quantitative estimate of drug-likeness (QED) is 0.919. The molecule has 0 bridgehead atoms. The number of hydrogen-bond acceptors (Lipinski definition) is 3. The Balaban J connectivity index is 2.02. The van der Waals surface area contributed by atoms with Gasteiger partial charge < -0.3 is 9.67 Å². The van der Waals surface area contributed by atoms with E-state index in [1.807, 2.05) is 35.9 Å². The topological polar surface area (TPSA) is 62.5 Å². The summed E-state index contributed by atoms with van der Waals surface area (Å²) in [6, 6.07) is 7.50. The number of sulfonamides is 1. The minimum absolute atomic E-state index is 0.349. The predicted octanol–water partition coefficient (Wildman–Crippen LogP) is 1.71. The van der Waals surface area contributed by atoms with Crippen molar-refractivity contribution in [3.8, 4) is 0 Å². The van der Waals surface area contributed by atoms with E-state index in [1.54, 1.807) is 13.1 Å². The summed E-state index contributed by atoms with van der Waals surface area (Å²) in [5.41, 5.74) is 0.144. The molecule has 1 N–H and O–H groups in total. The number of aliphatic hydroxyl groups is 1. The van der Waals surface area contributed by atoms with Crippen LogP contribution in [0.3, 0.4) is 0 Å². The number of nitrogens with zero attached hydrogens (tertiary/aromatic N) is 2. The predicted molar refractivity (Wildman–Crippen MR) is 81.5 cm³/mol. The minimum Gasteiger partial charge on any atom is -0.390 e. The van der Waals surface area contributed by atoms with Crippen molar-refractivity contribution in [3.05, 3.63) is 30.5 Å². The normalized spacial score (nSPS) is 20.0. The van der Waals surface area contributed by atoms with Crippen molar-refractivity contribution in [2.24, 2.45) is 7.05 Å². The first-order chi connectivity index (χ1) is 9.81. The van der Waals surface area contributed by atoms with Gasteiger partial charge in [0.15, 0.2) is 0 Å². The lowest BCUT2D eigenvalue weighted by atomic mass is 9.95. The van der Waals surface area contributed by atoms with Gasteiger partial charge in [-0.15, -0.1) is 0 Å². The van der Waals surface area contributed by atoms with Gasteiger partial charge >= 0.3 is 0 Å². The van der Waals surface area contributed by atoms with E-state index in [-0.39, 0.29) is 0 Å². The van der Waals surface area contributed by atoms with E-state index < -0.39 is 15.6 Å². The van der Waals surface area contributed by atoms with Crippen molar-refractivity contribution in [2.45, 2.75) is 30.3 Å². The third kappa shape index (κ3) is 2.47. The number of aromatic nitrogens is 1. The first kappa shape index (κ1) is 14.6. The van der Waals surface area contributed by atoms with Crippen LogP contribution < -0.4 is 0 Å². The average molecular weight is 308 g/mol. The molecule has 5 nitrogen and oxygen atoms in total. The SMILES string of the molecule is Cn1cc(S(=O)(=O)N2CCC(C)(O)CC2)c2ccccc21. The van der Waals surface area contributed by atoms with Crippen LogP contribution in [0.15, 0.2) is 35.4 Å². The molecule has 1 aromatic carbocycles.